The van der Waals surface area contributed by atoms with Gasteiger partial charge in [-0.2, -0.15) is 5.10 Å². The summed E-state index contributed by atoms with van der Waals surface area (Å²) in [6.45, 7) is 1.54. The highest BCUT2D eigenvalue weighted by Crippen LogP contribution is 2.27. The number of nitro groups is 1. The van der Waals surface area contributed by atoms with Gasteiger partial charge in [0.25, 0.3) is 17.5 Å². The number of carbonyl (C=O) groups excluding carboxylic acids is 3. The molecule has 11 nitrogen and oxygen atoms in total. The summed E-state index contributed by atoms with van der Waals surface area (Å²) in [6, 6.07) is 3.59. The van der Waals surface area contributed by atoms with Gasteiger partial charge in [0.15, 0.2) is 5.82 Å². The van der Waals surface area contributed by atoms with Crippen LogP contribution in [0.5, 0.6) is 0 Å². The monoisotopic (exact) mass is 398 g/mol. The molecule has 1 aromatic heterocycles. The highest BCUT2D eigenvalue weighted by atomic mass is 16.6. The van der Waals surface area contributed by atoms with Crippen molar-refractivity contribution in [3.63, 3.8) is 0 Å². The lowest BCUT2D eigenvalue weighted by Gasteiger charge is -2.14. The summed E-state index contributed by atoms with van der Waals surface area (Å²) in [4.78, 5) is 48.3. The molecule has 29 heavy (non-hydrogen) atoms. The Bertz CT molecular complexity index is 1030. The number of imide groups is 1. The predicted molar refractivity (Wildman–Crippen MR) is 100 cm³/mol. The van der Waals surface area contributed by atoms with Crippen LogP contribution in [0.3, 0.4) is 0 Å². The number of non-ortho nitro benzene ring substituents is 1. The number of hydrogen-bond donors (Lipinski definition) is 3. The first kappa shape index (κ1) is 18.7. The molecule has 4 rings (SSSR count). The zero-order chi connectivity index (χ0) is 20.5. The highest BCUT2D eigenvalue weighted by Gasteiger charge is 2.36. The van der Waals surface area contributed by atoms with Gasteiger partial charge in [0.2, 0.25) is 5.91 Å². The fourth-order valence-corrected chi connectivity index (χ4v) is 3.53. The highest BCUT2D eigenvalue weighted by molar-refractivity contribution is 6.21. The number of aromatic nitrogens is 2. The fourth-order valence-electron chi connectivity index (χ4n) is 3.53. The lowest BCUT2D eigenvalue weighted by Crippen LogP contribution is -2.31. The summed E-state index contributed by atoms with van der Waals surface area (Å²) in [5.74, 6) is -0.832. The molecule has 0 saturated heterocycles. The standard InChI is InChI=1S/C18H18N6O5/c25-15(20-16-12-5-6-19-9-14(12)21-22-16)2-1-7-23-17(26)11-4-3-10(24(28)29)8-13(11)18(23)27/h3-4,8,19H,1-2,5-7,9H2,(H2,20,21,22,25). The maximum absolute atomic E-state index is 12.4. The Hall–Kier alpha value is -3.60. The van der Waals surface area contributed by atoms with Gasteiger partial charge in [0, 0.05) is 37.2 Å². The minimum absolute atomic E-state index is 0.0189. The summed E-state index contributed by atoms with van der Waals surface area (Å²) >= 11 is 0. The van der Waals surface area contributed by atoms with Gasteiger partial charge in [0.05, 0.1) is 21.7 Å². The van der Waals surface area contributed by atoms with Crippen LogP contribution >= 0.6 is 0 Å². The van der Waals surface area contributed by atoms with Gasteiger partial charge in [-0.05, 0) is 25.5 Å². The molecule has 0 unspecified atom stereocenters. The van der Waals surface area contributed by atoms with Crippen LogP contribution in [0.15, 0.2) is 18.2 Å². The first-order valence-electron chi connectivity index (χ1n) is 9.17. The van der Waals surface area contributed by atoms with Crippen LogP contribution in [0.4, 0.5) is 11.5 Å². The van der Waals surface area contributed by atoms with E-state index in [4.69, 9.17) is 0 Å². The molecule has 1 aromatic carbocycles. The zero-order valence-corrected chi connectivity index (χ0v) is 15.4. The van der Waals surface area contributed by atoms with Crippen molar-refractivity contribution >= 4 is 29.2 Å². The molecule has 0 radical (unpaired) electrons. The topological polar surface area (TPSA) is 150 Å². The molecule has 0 atom stereocenters. The second-order valence-corrected chi connectivity index (χ2v) is 6.86. The molecular weight excluding hydrogens is 380 g/mol. The molecule has 0 bridgehead atoms. The van der Waals surface area contributed by atoms with Crippen molar-refractivity contribution in [2.24, 2.45) is 0 Å². The first-order chi connectivity index (χ1) is 14.0. The number of fused-ring (bicyclic) bond motifs is 2. The number of nitrogens with one attached hydrogen (secondary N) is 3. The Labute approximate surface area is 164 Å². The number of H-pyrrole nitrogens is 1. The summed E-state index contributed by atoms with van der Waals surface area (Å²) < 4.78 is 0. The largest absolute Gasteiger partial charge is 0.311 e. The van der Waals surface area contributed by atoms with Crippen molar-refractivity contribution < 1.29 is 19.3 Å². The fraction of sp³-hybridized carbons (Fsp3) is 0.333. The molecule has 0 saturated carbocycles. The third kappa shape index (κ3) is 3.47. The molecule has 3 amide bonds. The summed E-state index contributed by atoms with van der Waals surface area (Å²) in [7, 11) is 0. The minimum atomic E-state index is -0.616. The Morgan fingerprint density at radius 3 is 2.86 bits per heavy atom. The minimum Gasteiger partial charge on any atom is -0.311 e. The second-order valence-electron chi connectivity index (χ2n) is 6.86. The van der Waals surface area contributed by atoms with Crippen molar-refractivity contribution in [2.45, 2.75) is 25.8 Å². The number of nitro benzene ring substituents is 1. The normalized spacial score (nSPS) is 15.2. The van der Waals surface area contributed by atoms with E-state index >= 15 is 0 Å². The van der Waals surface area contributed by atoms with E-state index in [0.717, 1.165) is 35.2 Å². The van der Waals surface area contributed by atoms with E-state index in [1.54, 1.807) is 0 Å². The van der Waals surface area contributed by atoms with E-state index in [1.165, 1.54) is 12.1 Å². The quantitative estimate of drug-likeness (QED) is 0.373. The number of benzene rings is 1. The number of aromatic amines is 1. The average Bonchev–Trinajstić information content (AvgIpc) is 3.22. The number of hydrogen-bond acceptors (Lipinski definition) is 7. The van der Waals surface area contributed by atoms with E-state index < -0.39 is 16.7 Å². The lowest BCUT2D eigenvalue weighted by atomic mass is 10.1. The van der Waals surface area contributed by atoms with Crippen LogP contribution in [-0.2, 0) is 17.8 Å². The average molecular weight is 398 g/mol. The number of carbonyl (C=O) groups is 3. The van der Waals surface area contributed by atoms with E-state index in [9.17, 15) is 24.5 Å². The molecule has 0 fully saturated rings. The van der Waals surface area contributed by atoms with Gasteiger partial charge in [-0.1, -0.05) is 0 Å². The molecular formula is C18H18N6O5. The maximum atomic E-state index is 12.4. The lowest BCUT2D eigenvalue weighted by molar-refractivity contribution is -0.384. The summed E-state index contributed by atoms with van der Waals surface area (Å²) in [5.41, 5.74) is 1.85. The van der Waals surface area contributed by atoms with Gasteiger partial charge in [-0.15, -0.1) is 0 Å². The van der Waals surface area contributed by atoms with E-state index in [0.29, 0.717) is 12.4 Å². The van der Waals surface area contributed by atoms with Crippen LogP contribution in [0.25, 0.3) is 0 Å². The Morgan fingerprint density at radius 2 is 2.07 bits per heavy atom. The van der Waals surface area contributed by atoms with E-state index in [-0.39, 0.29) is 42.1 Å². The molecule has 11 heteroatoms. The second kappa shape index (κ2) is 7.43. The summed E-state index contributed by atoms with van der Waals surface area (Å²) in [5, 5.41) is 23.9. The maximum Gasteiger partial charge on any atom is 0.270 e. The Kier molecular flexibility index (Phi) is 4.80. The number of rotatable bonds is 6. The van der Waals surface area contributed by atoms with Gasteiger partial charge in [-0.25, -0.2) is 0 Å². The zero-order valence-electron chi connectivity index (χ0n) is 15.4. The first-order valence-corrected chi connectivity index (χ1v) is 9.17. The van der Waals surface area contributed by atoms with Crippen LogP contribution in [0.2, 0.25) is 0 Å². The van der Waals surface area contributed by atoms with Crippen molar-refractivity contribution in [2.75, 3.05) is 18.4 Å². The number of anilines is 1. The van der Waals surface area contributed by atoms with Crippen LogP contribution < -0.4 is 10.6 Å². The molecule has 3 N–H and O–H groups in total. The van der Waals surface area contributed by atoms with Gasteiger partial charge in [-0.3, -0.25) is 34.5 Å². The number of amides is 3. The Morgan fingerprint density at radius 1 is 1.28 bits per heavy atom. The van der Waals surface area contributed by atoms with Crippen molar-refractivity contribution in [3.05, 3.63) is 50.7 Å². The molecule has 2 aliphatic heterocycles. The van der Waals surface area contributed by atoms with Gasteiger partial charge < -0.3 is 10.6 Å². The van der Waals surface area contributed by atoms with Crippen LogP contribution in [-0.4, -0.2) is 50.8 Å². The van der Waals surface area contributed by atoms with Crippen LogP contribution in [0.1, 0.15) is 44.8 Å². The van der Waals surface area contributed by atoms with Gasteiger partial charge >= 0.3 is 0 Å². The van der Waals surface area contributed by atoms with Crippen LogP contribution in [0, 0.1) is 10.1 Å². The number of nitrogens with zero attached hydrogens (tertiary/aromatic N) is 3. The van der Waals surface area contributed by atoms with Crippen molar-refractivity contribution in [1.29, 1.82) is 0 Å². The summed E-state index contributed by atoms with van der Waals surface area (Å²) in [6.07, 6.45) is 1.14. The Balaban J connectivity index is 1.34. The molecule has 2 aromatic rings. The SMILES string of the molecule is O=C(CCCN1C(=O)c2ccc([N+](=O)[O-])cc2C1=O)Nc1n[nH]c2c1CCNC2. The molecule has 0 spiro atoms. The predicted octanol–water partition coefficient (Wildman–Crippen LogP) is 0.978. The van der Waals surface area contributed by atoms with Crippen molar-refractivity contribution in [1.82, 2.24) is 20.4 Å². The molecule has 2 aliphatic rings. The molecule has 0 aliphatic carbocycles. The smallest absolute Gasteiger partial charge is 0.270 e. The third-order valence-corrected chi connectivity index (χ3v) is 5.01. The van der Waals surface area contributed by atoms with E-state index in [1.807, 2.05) is 0 Å². The molecule has 3 heterocycles. The molecule has 150 valence electrons. The van der Waals surface area contributed by atoms with Gasteiger partial charge in [0.1, 0.15) is 0 Å². The third-order valence-electron chi connectivity index (χ3n) is 5.01. The van der Waals surface area contributed by atoms with E-state index in [2.05, 4.69) is 20.8 Å². The van der Waals surface area contributed by atoms with Crippen molar-refractivity contribution in [3.8, 4) is 0 Å².